The molecule has 8 nitrogen and oxygen atoms in total. The lowest BCUT2D eigenvalue weighted by Crippen LogP contribution is -2.33. The minimum Gasteiger partial charge on any atom is -0.477 e. The van der Waals surface area contributed by atoms with Crippen LogP contribution in [-0.4, -0.2) is 61.4 Å². The van der Waals surface area contributed by atoms with Gasteiger partial charge in [-0.3, -0.25) is 0 Å². The maximum atomic E-state index is 10.2. The Labute approximate surface area is 143 Å². The van der Waals surface area contributed by atoms with Crippen LogP contribution in [0.4, 0.5) is 0 Å². The van der Waals surface area contributed by atoms with Gasteiger partial charge in [0.1, 0.15) is 24.6 Å². The normalized spacial score (nSPS) is 27.0. The first-order valence-corrected chi connectivity index (χ1v) is 8.22. The van der Waals surface area contributed by atoms with Crippen LogP contribution in [0.5, 0.6) is 5.88 Å². The molecular formula is C15H20ClN3O5. The van der Waals surface area contributed by atoms with E-state index in [-0.39, 0.29) is 0 Å². The number of hydrogen-bond donors (Lipinski definition) is 3. The van der Waals surface area contributed by atoms with Gasteiger partial charge in [0.15, 0.2) is 11.9 Å². The van der Waals surface area contributed by atoms with Crippen molar-refractivity contribution < 1.29 is 24.8 Å². The van der Waals surface area contributed by atoms with E-state index in [9.17, 15) is 15.3 Å². The fourth-order valence-corrected chi connectivity index (χ4v) is 3.01. The monoisotopic (exact) mass is 357 g/mol. The second kappa shape index (κ2) is 7.20. The van der Waals surface area contributed by atoms with E-state index in [1.165, 1.54) is 10.9 Å². The number of aliphatic hydroxyl groups excluding tert-OH is 3. The van der Waals surface area contributed by atoms with Gasteiger partial charge >= 0.3 is 0 Å². The number of aliphatic hydroxyl groups is 3. The SMILES string of the molecule is CCCCOc1ncnc2c1c(Cl)cn2[C@@H]1O[C@H](CO)[C@@H](O)[C@H]1O. The Balaban J connectivity index is 1.97. The molecule has 0 amide bonds. The Morgan fingerprint density at radius 3 is 2.79 bits per heavy atom. The van der Waals surface area contributed by atoms with Crippen LogP contribution >= 0.6 is 11.6 Å². The Hall–Kier alpha value is -1.45. The first-order chi connectivity index (χ1) is 11.6. The first-order valence-electron chi connectivity index (χ1n) is 7.84. The third-order valence-electron chi connectivity index (χ3n) is 4.06. The van der Waals surface area contributed by atoms with Gasteiger partial charge < -0.3 is 29.4 Å². The highest BCUT2D eigenvalue weighted by Crippen LogP contribution is 2.37. The van der Waals surface area contributed by atoms with Gasteiger partial charge in [0.2, 0.25) is 5.88 Å². The summed E-state index contributed by atoms with van der Waals surface area (Å²) in [4.78, 5) is 8.32. The Morgan fingerprint density at radius 1 is 1.33 bits per heavy atom. The maximum absolute atomic E-state index is 10.2. The van der Waals surface area contributed by atoms with E-state index in [1.807, 2.05) is 0 Å². The molecule has 4 atom stereocenters. The van der Waals surface area contributed by atoms with Crippen molar-refractivity contribution in [2.45, 2.75) is 44.3 Å². The van der Waals surface area contributed by atoms with Gasteiger partial charge in [-0.1, -0.05) is 24.9 Å². The summed E-state index contributed by atoms with van der Waals surface area (Å²) < 4.78 is 12.7. The smallest absolute Gasteiger partial charge is 0.227 e. The Bertz CT molecular complexity index is 710. The van der Waals surface area contributed by atoms with Crippen LogP contribution in [0, 0.1) is 0 Å². The molecule has 9 heteroatoms. The molecule has 24 heavy (non-hydrogen) atoms. The highest BCUT2D eigenvalue weighted by atomic mass is 35.5. The van der Waals surface area contributed by atoms with Gasteiger partial charge in [-0.2, -0.15) is 0 Å². The molecule has 2 aromatic rings. The third-order valence-corrected chi connectivity index (χ3v) is 4.34. The molecule has 0 radical (unpaired) electrons. The summed E-state index contributed by atoms with van der Waals surface area (Å²) in [5.41, 5.74) is 0.427. The number of ether oxygens (including phenoxy) is 2. The van der Waals surface area contributed by atoms with Gasteiger partial charge in [0.05, 0.1) is 23.6 Å². The fraction of sp³-hybridized carbons (Fsp3) is 0.600. The molecule has 132 valence electrons. The average Bonchev–Trinajstić information content (AvgIpc) is 3.06. The largest absolute Gasteiger partial charge is 0.477 e. The van der Waals surface area contributed by atoms with Crippen molar-refractivity contribution in [2.24, 2.45) is 0 Å². The molecular weight excluding hydrogens is 338 g/mol. The maximum Gasteiger partial charge on any atom is 0.227 e. The second-order valence-electron chi connectivity index (χ2n) is 5.69. The molecule has 1 aliphatic rings. The van der Waals surface area contributed by atoms with Gasteiger partial charge in [-0.25, -0.2) is 9.97 Å². The number of halogens is 1. The molecule has 0 aromatic carbocycles. The summed E-state index contributed by atoms with van der Waals surface area (Å²) in [6.07, 6.45) is 0.580. The van der Waals surface area contributed by atoms with Gasteiger partial charge in [0.25, 0.3) is 0 Å². The lowest BCUT2D eigenvalue weighted by molar-refractivity contribution is -0.0508. The molecule has 0 spiro atoms. The van der Waals surface area contributed by atoms with Crippen molar-refractivity contribution in [2.75, 3.05) is 13.2 Å². The van der Waals surface area contributed by atoms with Crippen molar-refractivity contribution in [1.82, 2.24) is 14.5 Å². The van der Waals surface area contributed by atoms with E-state index in [4.69, 9.17) is 21.1 Å². The number of fused-ring (bicyclic) bond motifs is 1. The zero-order valence-corrected chi connectivity index (χ0v) is 13.9. The van der Waals surface area contributed by atoms with Crippen LogP contribution < -0.4 is 4.74 Å². The van der Waals surface area contributed by atoms with E-state index >= 15 is 0 Å². The van der Waals surface area contributed by atoms with Crippen LogP contribution in [0.3, 0.4) is 0 Å². The summed E-state index contributed by atoms with van der Waals surface area (Å²) >= 11 is 6.30. The number of rotatable bonds is 6. The number of unbranched alkanes of at least 4 members (excludes halogenated alkanes) is 1. The van der Waals surface area contributed by atoms with E-state index in [1.54, 1.807) is 6.20 Å². The Morgan fingerprint density at radius 2 is 2.12 bits per heavy atom. The number of nitrogens with zero attached hydrogens (tertiary/aromatic N) is 3. The molecule has 0 aliphatic carbocycles. The molecule has 3 heterocycles. The van der Waals surface area contributed by atoms with Gasteiger partial charge in [-0.05, 0) is 6.42 Å². The fourth-order valence-electron chi connectivity index (χ4n) is 2.74. The zero-order chi connectivity index (χ0) is 17.3. The first kappa shape index (κ1) is 17.4. The quantitative estimate of drug-likeness (QED) is 0.658. The van der Waals surface area contributed by atoms with Crippen molar-refractivity contribution in [1.29, 1.82) is 0 Å². The molecule has 1 saturated heterocycles. The average molecular weight is 358 g/mol. The molecule has 0 saturated carbocycles. The third kappa shape index (κ3) is 2.96. The molecule has 0 bridgehead atoms. The molecule has 1 aliphatic heterocycles. The highest BCUT2D eigenvalue weighted by Gasteiger charge is 2.44. The number of hydrogen-bond acceptors (Lipinski definition) is 7. The summed E-state index contributed by atoms with van der Waals surface area (Å²) in [5, 5.41) is 30.2. The van der Waals surface area contributed by atoms with E-state index in [0.29, 0.717) is 28.5 Å². The minimum absolute atomic E-state index is 0.356. The van der Waals surface area contributed by atoms with Crippen molar-refractivity contribution >= 4 is 22.6 Å². The van der Waals surface area contributed by atoms with E-state index < -0.39 is 31.1 Å². The van der Waals surface area contributed by atoms with Crippen LogP contribution in [0.25, 0.3) is 11.0 Å². The van der Waals surface area contributed by atoms with Crippen molar-refractivity contribution in [3.63, 3.8) is 0 Å². The zero-order valence-electron chi connectivity index (χ0n) is 13.2. The molecule has 3 N–H and O–H groups in total. The van der Waals surface area contributed by atoms with Crippen molar-refractivity contribution in [3.05, 3.63) is 17.5 Å². The predicted molar refractivity (Wildman–Crippen MR) is 86.0 cm³/mol. The van der Waals surface area contributed by atoms with Crippen LogP contribution in [0.2, 0.25) is 5.02 Å². The lowest BCUT2D eigenvalue weighted by atomic mass is 10.1. The second-order valence-corrected chi connectivity index (χ2v) is 6.10. The van der Waals surface area contributed by atoms with E-state index in [2.05, 4.69) is 16.9 Å². The standard InChI is InChI=1S/C15H20ClN3O5/c1-2-3-4-23-14-10-8(16)5-19(13(10)17-7-18-14)15-12(22)11(21)9(6-20)24-15/h5,7,9,11-12,15,20-22H,2-4,6H2,1H3/t9-,11-,12-,15-/m1/s1. The minimum atomic E-state index is -1.21. The summed E-state index contributed by atoms with van der Waals surface area (Å²) in [5.74, 6) is 0.365. The summed E-state index contributed by atoms with van der Waals surface area (Å²) in [6, 6.07) is 0. The highest BCUT2D eigenvalue weighted by molar-refractivity contribution is 6.35. The predicted octanol–water partition coefficient (Wildman–Crippen LogP) is 0.875. The van der Waals surface area contributed by atoms with E-state index in [0.717, 1.165) is 12.8 Å². The Kier molecular flexibility index (Phi) is 5.21. The molecule has 2 aromatic heterocycles. The van der Waals surface area contributed by atoms with Crippen molar-refractivity contribution in [3.8, 4) is 5.88 Å². The van der Waals surface area contributed by atoms with Crippen LogP contribution in [0.1, 0.15) is 26.0 Å². The van der Waals surface area contributed by atoms with Crippen LogP contribution in [-0.2, 0) is 4.74 Å². The summed E-state index contributed by atoms with van der Waals surface area (Å²) in [7, 11) is 0. The topological polar surface area (TPSA) is 110 Å². The van der Waals surface area contributed by atoms with Gasteiger partial charge in [-0.15, -0.1) is 0 Å². The molecule has 1 fully saturated rings. The number of aromatic nitrogens is 3. The van der Waals surface area contributed by atoms with Gasteiger partial charge in [0, 0.05) is 6.20 Å². The molecule has 3 rings (SSSR count). The van der Waals surface area contributed by atoms with Crippen LogP contribution in [0.15, 0.2) is 12.5 Å². The molecule has 0 unspecified atom stereocenters. The summed E-state index contributed by atoms with van der Waals surface area (Å²) in [6.45, 7) is 2.17. The lowest BCUT2D eigenvalue weighted by Gasteiger charge is -2.17.